The predicted molar refractivity (Wildman–Crippen MR) is 91.1 cm³/mol. The molecule has 8 nitrogen and oxygen atoms in total. The Bertz CT molecular complexity index is 854. The summed E-state index contributed by atoms with van der Waals surface area (Å²) in [5.41, 5.74) is 4.17. The molecule has 24 heavy (non-hydrogen) atoms. The van der Waals surface area contributed by atoms with Crippen LogP contribution in [0.25, 0.3) is 0 Å². The van der Waals surface area contributed by atoms with Crippen LogP contribution in [0.1, 0.15) is 0 Å². The molecule has 3 aromatic rings. The van der Waals surface area contributed by atoms with Crippen LogP contribution in [0.4, 0.5) is 17.1 Å². The summed E-state index contributed by atoms with van der Waals surface area (Å²) < 4.78 is 0. The van der Waals surface area contributed by atoms with Crippen molar-refractivity contribution in [3.05, 3.63) is 75.3 Å². The van der Waals surface area contributed by atoms with E-state index >= 15 is 0 Å². The Kier molecular flexibility index (Phi) is 4.50. The molecule has 122 valence electrons. The molecule has 1 N–H and O–H groups in total. The van der Waals surface area contributed by atoms with Gasteiger partial charge in [-0.25, -0.2) is 15.5 Å². The topological polar surface area (TPSA) is 89.1 Å². The number of hydrogen-bond donors (Lipinski definition) is 1. The highest BCUT2D eigenvalue weighted by atomic mass is 35.5. The molecule has 0 amide bonds. The Morgan fingerprint density at radius 1 is 1.17 bits per heavy atom. The monoisotopic (exact) mass is 364 g/mol. The minimum Gasteiger partial charge on any atom is -0.258 e. The Morgan fingerprint density at radius 2 is 1.92 bits per heavy atom. The van der Waals surface area contributed by atoms with E-state index in [1.807, 2.05) is 0 Å². The van der Waals surface area contributed by atoms with Crippen LogP contribution in [0.5, 0.6) is 0 Å². The summed E-state index contributed by atoms with van der Waals surface area (Å²) >= 11 is 12.2. The fraction of sp³-hybridized carbons (Fsp3) is 0. The lowest BCUT2D eigenvalue weighted by atomic mass is 10.2. The van der Waals surface area contributed by atoms with Gasteiger partial charge in [0.1, 0.15) is 12.7 Å². The molecule has 0 atom stereocenters. The number of aromatic nitrogens is 3. The quantitative estimate of drug-likeness (QED) is 0.547. The maximum absolute atomic E-state index is 10.8. The fourth-order valence-corrected chi connectivity index (χ4v) is 2.49. The Balaban J connectivity index is 2.02. The predicted octanol–water partition coefficient (Wildman–Crippen LogP) is 3.79. The maximum atomic E-state index is 10.8. The van der Waals surface area contributed by atoms with E-state index in [-0.39, 0.29) is 5.69 Å². The lowest BCUT2D eigenvalue weighted by Crippen LogP contribution is -2.32. The van der Waals surface area contributed by atoms with E-state index in [2.05, 4.69) is 15.6 Å². The molecule has 0 saturated heterocycles. The van der Waals surface area contributed by atoms with Gasteiger partial charge in [-0.05, 0) is 30.3 Å². The van der Waals surface area contributed by atoms with Crippen LogP contribution in [0, 0.1) is 10.1 Å². The van der Waals surface area contributed by atoms with Crippen LogP contribution in [0.3, 0.4) is 0 Å². The summed E-state index contributed by atoms with van der Waals surface area (Å²) in [6.07, 6.45) is 2.83. The molecule has 0 aliphatic heterocycles. The first-order valence-electron chi connectivity index (χ1n) is 6.65. The van der Waals surface area contributed by atoms with Crippen molar-refractivity contribution in [2.45, 2.75) is 0 Å². The standard InChI is InChI=1S/C14H10Cl2N6O2/c15-10-1-6-14(13(16)7-10)21(19-20-9-17-8-18-20)11-2-4-12(5-3-11)22(23)24/h1-9,19H. The first kappa shape index (κ1) is 16.0. The molecule has 10 heteroatoms. The highest BCUT2D eigenvalue weighted by molar-refractivity contribution is 6.36. The van der Waals surface area contributed by atoms with E-state index < -0.39 is 4.92 Å². The van der Waals surface area contributed by atoms with Crippen LogP contribution < -0.4 is 10.5 Å². The molecule has 0 fully saturated rings. The summed E-state index contributed by atoms with van der Waals surface area (Å²) in [6.45, 7) is 0. The molecular formula is C14H10Cl2N6O2. The molecule has 3 rings (SSSR count). The van der Waals surface area contributed by atoms with Gasteiger partial charge in [-0.2, -0.15) is 0 Å². The van der Waals surface area contributed by atoms with E-state index in [1.54, 1.807) is 35.3 Å². The molecule has 0 unspecified atom stereocenters. The Labute approximate surface area is 146 Å². The molecule has 0 aliphatic rings. The zero-order valence-corrected chi connectivity index (χ0v) is 13.5. The average Bonchev–Trinajstić information content (AvgIpc) is 3.06. The van der Waals surface area contributed by atoms with E-state index in [0.29, 0.717) is 21.4 Å². The van der Waals surface area contributed by atoms with Gasteiger partial charge < -0.3 is 0 Å². The minimum atomic E-state index is -0.464. The van der Waals surface area contributed by atoms with E-state index in [9.17, 15) is 10.1 Å². The third-order valence-electron chi connectivity index (χ3n) is 3.09. The number of rotatable bonds is 5. The van der Waals surface area contributed by atoms with Crippen molar-refractivity contribution < 1.29 is 4.92 Å². The molecular weight excluding hydrogens is 355 g/mol. The van der Waals surface area contributed by atoms with Gasteiger partial charge >= 0.3 is 0 Å². The summed E-state index contributed by atoms with van der Waals surface area (Å²) in [6, 6.07) is 11.0. The highest BCUT2D eigenvalue weighted by Gasteiger charge is 2.15. The number of nitrogens with zero attached hydrogens (tertiary/aromatic N) is 5. The van der Waals surface area contributed by atoms with E-state index in [4.69, 9.17) is 23.2 Å². The number of hydrogen-bond acceptors (Lipinski definition) is 6. The van der Waals surface area contributed by atoms with Gasteiger partial charge in [0, 0.05) is 17.2 Å². The number of nitro groups is 1. The number of benzene rings is 2. The summed E-state index contributed by atoms with van der Waals surface area (Å²) in [5.74, 6) is 0. The normalized spacial score (nSPS) is 10.4. The maximum Gasteiger partial charge on any atom is 0.269 e. The van der Waals surface area contributed by atoms with Crippen LogP contribution >= 0.6 is 23.2 Å². The summed E-state index contributed by atoms with van der Waals surface area (Å²) in [7, 11) is 0. The number of nitrogens with one attached hydrogen (secondary N) is 1. The van der Waals surface area contributed by atoms with Crippen LogP contribution in [-0.2, 0) is 0 Å². The molecule has 1 aromatic heterocycles. The second kappa shape index (κ2) is 6.73. The van der Waals surface area contributed by atoms with Crippen molar-refractivity contribution in [2.24, 2.45) is 0 Å². The van der Waals surface area contributed by atoms with E-state index in [0.717, 1.165) is 0 Å². The molecule has 2 aromatic carbocycles. The van der Waals surface area contributed by atoms with Gasteiger partial charge in [0.05, 0.1) is 21.3 Å². The summed E-state index contributed by atoms with van der Waals surface area (Å²) in [4.78, 5) is 15.6. The van der Waals surface area contributed by atoms with Crippen molar-refractivity contribution >= 4 is 40.3 Å². The average molecular weight is 365 g/mol. The lowest BCUT2D eigenvalue weighted by Gasteiger charge is -2.26. The second-order valence-corrected chi connectivity index (χ2v) is 5.49. The smallest absolute Gasteiger partial charge is 0.258 e. The molecule has 0 spiro atoms. The van der Waals surface area contributed by atoms with Gasteiger partial charge in [-0.15, -0.1) is 9.89 Å². The van der Waals surface area contributed by atoms with Crippen LogP contribution in [0.15, 0.2) is 55.1 Å². The molecule has 0 aliphatic carbocycles. The van der Waals surface area contributed by atoms with Crippen LogP contribution in [-0.4, -0.2) is 19.8 Å². The number of hydrazine groups is 1. The number of non-ortho nitro benzene ring substituents is 1. The van der Waals surface area contributed by atoms with E-state index in [1.165, 1.54) is 29.6 Å². The number of halogens is 2. The Hall–Kier alpha value is -2.84. The largest absolute Gasteiger partial charge is 0.269 e. The molecule has 1 heterocycles. The van der Waals surface area contributed by atoms with Gasteiger partial charge in [0.25, 0.3) is 5.69 Å². The van der Waals surface area contributed by atoms with Gasteiger partial charge in [-0.1, -0.05) is 23.2 Å². The van der Waals surface area contributed by atoms with Crippen molar-refractivity contribution in [1.29, 1.82) is 0 Å². The van der Waals surface area contributed by atoms with Gasteiger partial charge in [0.15, 0.2) is 0 Å². The highest BCUT2D eigenvalue weighted by Crippen LogP contribution is 2.33. The fourth-order valence-electron chi connectivity index (χ4n) is 2.00. The zero-order chi connectivity index (χ0) is 17.1. The van der Waals surface area contributed by atoms with Gasteiger partial charge in [-0.3, -0.25) is 10.1 Å². The first-order valence-corrected chi connectivity index (χ1v) is 7.41. The van der Waals surface area contributed by atoms with Crippen molar-refractivity contribution in [2.75, 3.05) is 10.5 Å². The molecule has 0 bridgehead atoms. The second-order valence-electron chi connectivity index (χ2n) is 4.64. The third kappa shape index (κ3) is 3.39. The van der Waals surface area contributed by atoms with Crippen molar-refractivity contribution in [1.82, 2.24) is 14.9 Å². The molecule has 0 saturated carbocycles. The SMILES string of the molecule is O=[N+]([O-])c1ccc(N(Nn2cncn2)c2ccc(Cl)cc2Cl)cc1. The molecule has 0 radical (unpaired) electrons. The third-order valence-corrected chi connectivity index (χ3v) is 3.63. The summed E-state index contributed by atoms with van der Waals surface area (Å²) in [5, 5.41) is 17.3. The Morgan fingerprint density at radius 3 is 2.50 bits per heavy atom. The van der Waals surface area contributed by atoms with Crippen molar-refractivity contribution in [3.8, 4) is 0 Å². The first-order chi connectivity index (χ1) is 11.5. The van der Waals surface area contributed by atoms with Crippen LogP contribution in [0.2, 0.25) is 10.0 Å². The minimum absolute atomic E-state index is 0.0124. The lowest BCUT2D eigenvalue weighted by molar-refractivity contribution is -0.384. The number of nitro benzene ring substituents is 1. The van der Waals surface area contributed by atoms with Gasteiger partial charge in [0.2, 0.25) is 0 Å². The zero-order valence-electron chi connectivity index (χ0n) is 12.0. The number of anilines is 2. The van der Waals surface area contributed by atoms with Crippen molar-refractivity contribution in [3.63, 3.8) is 0 Å².